The van der Waals surface area contributed by atoms with Gasteiger partial charge in [-0.25, -0.2) is 13.1 Å². The second-order valence-corrected chi connectivity index (χ2v) is 6.54. The van der Waals surface area contributed by atoms with Crippen molar-refractivity contribution in [3.05, 3.63) is 24.3 Å². The number of rotatable bonds is 7. The highest BCUT2D eigenvalue weighted by Crippen LogP contribution is 2.22. The summed E-state index contributed by atoms with van der Waals surface area (Å²) in [6.45, 7) is 2.58. The molecule has 0 heterocycles. The van der Waals surface area contributed by atoms with Gasteiger partial charge in [0.05, 0.1) is 4.90 Å². The van der Waals surface area contributed by atoms with E-state index in [9.17, 15) is 13.2 Å². The lowest BCUT2D eigenvalue weighted by Gasteiger charge is -2.09. The van der Waals surface area contributed by atoms with Crippen molar-refractivity contribution in [3.8, 4) is 0 Å². The maximum atomic E-state index is 12.0. The molecule has 1 aromatic rings. The van der Waals surface area contributed by atoms with E-state index >= 15 is 0 Å². The molecule has 0 unspecified atom stereocenters. The Morgan fingerprint density at radius 1 is 1.20 bits per heavy atom. The summed E-state index contributed by atoms with van der Waals surface area (Å²) in [5.41, 5.74) is 0.820. The molecule has 0 aliphatic heterocycles. The number of hydrogen-bond acceptors (Lipinski definition) is 4. The van der Waals surface area contributed by atoms with Gasteiger partial charge in [-0.1, -0.05) is 0 Å². The van der Waals surface area contributed by atoms with E-state index in [0.29, 0.717) is 13.1 Å². The van der Waals surface area contributed by atoms with E-state index in [0.717, 1.165) is 18.5 Å². The Balaban J connectivity index is 1.87. The zero-order chi connectivity index (χ0) is 14.6. The molecule has 0 saturated heterocycles. The molecule has 1 aromatic carbocycles. The van der Waals surface area contributed by atoms with Gasteiger partial charge >= 0.3 is 0 Å². The Kier molecular flexibility index (Phi) is 4.61. The molecule has 0 radical (unpaired) electrons. The van der Waals surface area contributed by atoms with Crippen LogP contribution in [0.3, 0.4) is 0 Å². The molecule has 1 aliphatic carbocycles. The Morgan fingerprint density at radius 3 is 2.40 bits per heavy atom. The van der Waals surface area contributed by atoms with Crippen LogP contribution in [0.5, 0.6) is 0 Å². The fourth-order valence-corrected chi connectivity index (χ4v) is 2.99. The third-order valence-corrected chi connectivity index (χ3v) is 4.43. The van der Waals surface area contributed by atoms with E-state index < -0.39 is 10.0 Å². The minimum absolute atomic E-state index is 0.0700. The van der Waals surface area contributed by atoms with Gasteiger partial charge in [0, 0.05) is 31.7 Å². The highest BCUT2D eigenvalue weighted by Gasteiger charge is 2.27. The molecule has 2 rings (SSSR count). The van der Waals surface area contributed by atoms with E-state index in [2.05, 4.69) is 15.4 Å². The summed E-state index contributed by atoms with van der Waals surface area (Å²) >= 11 is 0. The highest BCUT2D eigenvalue weighted by molar-refractivity contribution is 7.89. The van der Waals surface area contributed by atoms with Crippen molar-refractivity contribution in [2.45, 2.75) is 30.7 Å². The van der Waals surface area contributed by atoms with Gasteiger partial charge in [0.1, 0.15) is 0 Å². The Labute approximate surface area is 119 Å². The number of hydrogen-bond donors (Lipinski definition) is 3. The van der Waals surface area contributed by atoms with Gasteiger partial charge in [-0.3, -0.25) is 4.79 Å². The van der Waals surface area contributed by atoms with Crippen LogP contribution in [-0.4, -0.2) is 33.5 Å². The van der Waals surface area contributed by atoms with Crippen molar-refractivity contribution in [2.24, 2.45) is 0 Å². The topological polar surface area (TPSA) is 87.3 Å². The summed E-state index contributed by atoms with van der Waals surface area (Å²) in [6, 6.07) is 6.69. The number of carbonyl (C=O) groups is 1. The van der Waals surface area contributed by atoms with Gasteiger partial charge in [-0.05, 0) is 37.1 Å². The van der Waals surface area contributed by atoms with Crippen LogP contribution in [0.1, 0.15) is 19.8 Å². The minimum Gasteiger partial charge on any atom is -0.383 e. The molecule has 20 heavy (non-hydrogen) atoms. The normalized spacial score (nSPS) is 14.8. The van der Waals surface area contributed by atoms with E-state index in [1.165, 1.54) is 6.92 Å². The van der Waals surface area contributed by atoms with Crippen molar-refractivity contribution in [2.75, 3.05) is 18.4 Å². The number of nitrogens with one attached hydrogen (secondary N) is 3. The smallest absolute Gasteiger partial charge is 0.240 e. The second kappa shape index (κ2) is 6.23. The van der Waals surface area contributed by atoms with Gasteiger partial charge in [0.15, 0.2) is 0 Å². The van der Waals surface area contributed by atoms with Crippen LogP contribution >= 0.6 is 0 Å². The molecule has 1 aliphatic rings. The average molecular weight is 297 g/mol. The third-order valence-electron chi connectivity index (χ3n) is 2.89. The maximum Gasteiger partial charge on any atom is 0.240 e. The highest BCUT2D eigenvalue weighted by atomic mass is 32.2. The molecular weight excluding hydrogens is 278 g/mol. The molecule has 0 spiro atoms. The first kappa shape index (κ1) is 14.8. The number of carbonyl (C=O) groups excluding carboxylic acids is 1. The SMILES string of the molecule is CC(=O)NCCNc1ccc(S(=O)(=O)NC2CC2)cc1. The van der Waals surface area contributed by atoms with Crippen LogP contribution in [0.2, 0.25) is 0 Å². The molecule has 1 fully saturated rings. The molecule has 1 saturated carbocycles. The summed E-state index contributed by atoms with van der Waals surface area (Å²) in [4.78, 5) is 11.0. The van der Waals surface area contributed by atoms with Gasteiger partial charge in [0.25, 0.3) is 0 Å². The van der Waals surface area contributed by atoms with Crippen molar-refractivity contribution in [3.63, 3.8) is 0 Å². The Bertz CT molecular complexity index is 565. The molecule has 110 valence electrons. The molecule has 1 amide bonds. The van der Waals surface area contributed by atoms with Crippen molar-refractivity contribution in [1.29, 1.82) is 0 Å². The number of anilines is 1. The van der Waals surface area contributed by atoms with E-state index in [1.54, 1.807) is 24.3 Å². The lowest BCUT2D eigenvalue weighted by atomic mass is 10.3. The summed E-state index contributed by atoms with van der Waals surface area (Å²) in [5.74, 6) is -0.0700. The van der Waals surface area contributed by atoms with Gasteiger partial charge in [0.2, 0.25) is 15.9 Å². The molecule has 7 heteroatoms. The molecule has 3 N–H and O–H groups in total. The Morgan fingerprint density at radius 2 is 1.85 bits per heavy atom. The maximum absolute atomic E-state index is 12.0. The summed E-state index contributed by atoms with van der Waals surface area (Å²) in [5, 5.41) is 5.77. The number of benzene rings is 1. The fourth-order valence-electron chi connectivity index (χ4n) is 1.69. The first-order chi connectivity index (χ1) is 9.47. The van der Waals surface area contributed by atoms with Crippen LogP contribution < -0.4 is 15.4 Å². The van der Waals surface area contributed by atoms with E-state index in [1.807, 2.05) is 0 Å². The first-order valence-corrected chi connectivity index (χ1v) is 8.06. The van der Waals surface area contributed by atoms with Crippen LogP contribution in [-0.2, 0) is 14.8 Å². The van der Waals surface area contributed by atoms with Gasteiger partial charge < -0.3 is 10.6 Å². The van der Waals surface area contributed by atoms with Crippen molar-refractivity contribution < 1.29 is 13.2 Å². The quantitative estimate of drug-likeness (QED) is 0.646. The molecule has 0 bridgehead atoms. The van der Waals surface area contributed by atoms with Crippen LogP contribution in [0.4, 0.5) is 5.69 Å². The fraction of sp³-hybridized carbons (Fsp3) is 0.462. The van der Waals surface area contributed by atoms with Crippen molar-refractivity contribution >= 4 is 21.6 Å². The molecule has 6 nitrogen and oxygen atoms in total. The molecular formula is C13H19N3O3S. The summed E-state index contributed by atoms with van der Waals surface area (Å²) in [6.07, 6.45) is 1.84. The number of amides is 1. The third kappa shape index (κ3) is 4.50. The zero-order valence-electron chi connectivity index (χ0n) is 11.3. The lowest BCUT2D eigenvalue weighted by molar-refractivity contribution is -0.118. The van der Waals surface area contributed by atoms with Gasteiger partial charge in [-0.15, -0.1) is 0 Å². The molecule has 0 atom stereocenters. The largest absolute Gasteiger partial charge is 0.383 e. The second-order valence-electron chi connectivity index (χ2n) is 4.83. The summed E-state index contributed by atoms with van der Waals surface area (Å²) in [7, 11) is -3.38. The van der Waals surface area contributed by atoms with E-state index in [4.69, 9.17) is 0 Å². The van der Waals surface area contributed by atoms with E-state index in [-0.39, 0.29) is 16.8 Å². The predicted molar refractivity (Wildman–Crippen MR) is 77.0 cm³/mol. The van der Waals surface area contributed by atoms with Crippen LogP contribution in [0.25, 0.3) is 0 Å². The Hall–Kier alpha value is -1.60. The average Bonchev–Trinajstić information content (AvgIpc) is 3.18. The summed E-state index contributed by atoms with van der Waals surface area (Å²) < 4.78 is 26.5. The van der Waals surface area contributed by atoms with Crippen LogP contribution in [0.15, 0.2) is 29.2 Å². The zero-order valence-corrected chi connectivity index (χ0v) is 12.2. The number of sulfonamides is 1. The van der Waals surface area contributed by atoms with Crippen LogP contribution in [0, 0.1) is 0 Å². The van der Waals surface area contributed by atoms with Crippen molar-refractivity contribution in [1.82, 2.24) is 10.0 Å². The van der Waals surface area contributed by atoms with Gasteiger partial charge in [-0.2, -0.15) is 0 Å². The molecule has 0 aromatic heterocycles. The lowest BCUT2D eigenvalue weighted by Crippen LogP contribution is -2.26. The first-order valence-electron chi connectivity index (χ1n) is 6.58. The monoisotopic (exact) mass is 297 g/mol. The predicted octanol–water partition coefficient (Wildman–Crippen LogP) is 0.675. The minimum atomic E-state index is -3.38. The standard InChI is InChI=1S/C13H19N3O3S/c1-10(17)14-8-9-15-11-4-6-13(7-5-11)20(18,19)16-12-2-3-12/h4-7,12,15-16H,2-3,8-9H2,1H3,(H,14,17).